The molecule has 1 aromatic heterocycles. The van der Waals surface area contributed by atoms with Crippen LogP contribution < -0.4 is 0 Å². The Bertz CT molecular complexity index is 412. The van der Waals surface area contributed by atoms with Crippen LogP contribution in [-0.4, -0.2) is 21.0 Å². The summed E-state index contributed by atoms with van der Waals surface area (Å²) < 4.78 is 0. The molecule has 0 bridgehead atoms. The zero-order valence-corrected chi connectivity index (χ0v) is 11.0. The Morgan fingerprint density at radius 1 is 1.44 bits per heavy atom. The topological polar surface area (TPSA) is 66.0 Å². The van der Waals surface area contributed by atoms with Crippen molar-refractivity contribution in [2.45, 2.75) is 58.3 Å². The molecular formula is C14H22N2O2. The molecule has 1 atom stereocenters. The van der Waals surface area contributed by atoms with Crippen molar-refractivity contribution >= 4 is 5.97 Å². The molecule has 0 radical (unpaired) electrons. The van der Waals surface area contributed by atoms with Gasteiger partial charge in [-0.2, -0.15) is 0 Å². The second kappa shape index (κ2) is 6.03. The summed E-state index contributed by atoms with van der Waals surface area (Å²) in [5.74, 6) is 0.132. The second-order valence-electron chi connectivity index (χ2n) is 5.20. The van der Waals surface area contributed by atoms with E-state index in [0.29, 0.717) is 6.42 Å². The van der Waals surface area contributed by atoms with Gasteiger partial charge in [0.1, 0.15) is 5.82 Å². The van der Waals surface area contributed by atoms with Gasteiger partial charge >= 0.3 is 5.97 Å². The number of carbonyl (C=O) groups is 1. The maximum atomic E-state index is 11.0. The third kappa shape index (κ3) is 3.12. The third-order valence-corrected chi connectivity index (χ3v) is 3.71. The minimum Gasteiger partial charge on any atom is -0.481 e. The quantitative estimate of drug-likeness (QED) is 0.763. The van der Waals surface area contributed by atoms with E-state index in [1.165, 1.54) is 25.7 Å². The van der Waals surface area contributed by atoms with E-state index in [1.807, 2.05) is 0 Å². The number of imidazole rings is 1. The van der Waals surface area contributed by atoms with Gasteiger partial charge in [0.25, 0.3) is 0 Å². The predicted octanol–water partition coefficient (Wildman–Crippen LogP) is 2.72. The largest absolute Gasteiger partial charge is 0.481 e. The number of fused-ring (bicyclic) bond motifs is 1. The number of carboxylic acids is 1. The van der Waals surface area contributed by atoms with E-state index in [0.717, 1.165) is 36.5 Å². The van der Waals surface area contributed by atoms with E-state index < -0.39 is 5.97 Å². The van der Waals surface area contributed by atoms with Gasteiger partial charge in [0.05, 0.1) is 11.6 Å². The normalized spacial score (nSPS) is 18.6. The molecule has 2 rings (SSSR count). The average molecular weight is 250 g/mol. The third-order valence-electron chi connectivity index (χ3n) is 3.71. The van der Waals surface area contributed by atoms with Crippen molar-refractivity contribution in [1.29, 1.82) is 0 Å². The predicted molar refractivity (Wildman–Crippen MR) is 69.6 cm³/mol. The minimum absolute atomic E-state index is 0.231. The molecule has 0 saturated heterocycles. The highest BCUT2D eigenvalue weighted by Crippen LogP contribution is 2.24. The number of nitrogens with zero attached hydrogens (tertiary/aromatic N) is 1. The van der Waals surface area contributed by atoms with Crippen LogP contribution in [0.3, 0.4) is 0 Å². The van der Waals surface area contributed by atoms with Gasteiger partial charge in [0.15, 0.2) is 0 Å². The van der Waals surface area contributed by atoms with Gasteiger partial charge in [-0.1, -0.05) is 26.2 Å². The fraction of sp³-hybridized carbons (Fsp3) is 0.714. The fourth-order valence-electron chi connectivity index (χ4n) is 2.59. The SMILES string of the molecule is CCCCCCc1nc2c([nH]1)CC(C(=O)O)CC2. The summed E-state index contributed by atoms with van der Waals surface area (Å²) in [4.78, 5) is 18.9. The molecule has 0 aromatic carbocycles. The van der Waals surface area contributed by atoms with E-state index in [9.17, 15) is 4.79 Å². The molecule has 1 aromatic rings. The van der Waals surface area contributed by atoms with Crippen LogP contribution in [0.15, 0.2) is 0 Å². The maximum Gasteiger partial charge on any atom is 0.306 e. The van der Waals surface area contributed by atoms with Crippen molar-refractivity contribution in [3.8, 4) is 0 Å². The summed E-state index contributed by atoms with van der Waals surface area (Å²) in [5.41, 5.74) is 2.15. The number of carboxylic acid groups (broad SMARTS) is 1. The molecule has 1 aliphatic carbocycles. The van der Waals surface area contributed by atoms with Gasteiger partial charge in [-0.25, -0.2) is 4.98 Å². The monoisotopic (exact) mass is 250 g/mol. The van der Waals surface area contributed by atoms with Crippen molar-refractivity contribution in [2.75, 3.05) is 0 Å². The lowest BCUT2D eigenvalue weighted by molar-refractivity contribution is -0.142. The van der Waals surface area contributed by atoms with Crippen molar-refractivity contribution < 1.29 is 9.90 Å². The molecule has 1 aliphatic rings. The second-order valence-corrected chi connectivity index (χ2v) is 5.20. The standard InChI is InChI=1S/C14H22N2O2/c1-2-3-4-5-6-13-15-11-8-7-10(14(17)18)9-12(11)16-13/h10H,2-9H2,1H3,(H,15,16)(H,17,18). The van der Waals surface area contributed by atoms with Crippen LogP contribution in [0.2, 0.25) is 0 Å². The number of aromatic amines is 1. The molecule has 0 aliphatic heterocycles. The van der Waals surface area contributed by atoms with Gasteiger partial charge < -0.3 is 10.1 Å². The summed E-state index contributed by atoms with van der Waals surface area (Å²) in [6, 6.07) is 0. The summed E-state index contributed by atoms with van der Waals surface area (Å²) >= 11 is 0. The Morgan fingerprint density at radius 2 is 2.28 bits per heavy atom. The van der Waals surface area contributed by atoms with E-state index in [-0.39, 0.29) is 5.92 Å². The van der Waals surface area contributed by atoms with Crippen molar-refractivity contribution in [3.63, 3.8) is 0 Å². The van der Waals surface area contributed by atoms with Gasteiger partial charge in [0, 0.05) is 18.5 Å². The number of hydrogen-bond donors (Lipinski definition) is 2. The zero-order valence-electron chi connectivity index (χ0n) is 11.0. The van der Waals surface area contributed by atoms with Crippen LogP contribution in [0.4, 0.5) is 0 Å². The molecule has 4 heteroatoms. The van der Waals surface area contributed by atoms with E-state index in [2.05, 4.69) is 16.9 Å². The van der Waals surface area contributed by atoms with Crippen LogP contribution in [0, 0.1) is 5.92 Å². The Morgan fingerprint density at radius 3 is 3.00 bits per heavy atom. The van der Waals surface area contributed by atoms with Crippen LogP contribution in [-0.2, 0) is 24.1 Å². The molecule has 0 saturated carbocycles. The molecule has 0 spiro atoms. The lowest BCUT2D eigenvalue weighted by Gasteiger charge is -2.16. The average Bonchev–Trinajstić information content (AvgIpc) is 2.76. The first-order chi connectivity index (χ1) is 8.70. The van der Waals surface area contributed by atoms with Crippen molar-refractivity contribution in [1.82, 2.24) is 9.97 Å². The van der Waals surface area contributed by atoms with Crippen LogP contribution in [0.25, 0.3) is 0 Å². The van der Waals surface area contributed by atoms with Gasteiger partial charge in [-0.15, -0.1) is 0 Å². The summed E-state index contributed by atoms with van der Waals surface area (Å²) in [6.45, 7) is 2.21. The zero-order chi connectivity index (χ0) is 13.0. The lowest BCUT2D eigenvalue weighted by Crippen LogP contribution is -2.22. The number of rotatable bonds is 6. The van der Waals surface area contributed by atoms with Gasteiger partial charge in [-0.3, -0.25) is 4.79 Å². The molecule has 1 unspecified atom stereocenters. The highest BCUT2D eigenvalue weighted by molar-refractivity contribution is 5.70. The van der Waals surface area contributed by atoms with E-state index >= 15 is 0 Å². The number of hydrogen-bond acceptors (Lipinski definition) is 2. The number of nitrogens with one attached hydrogen (secondary N) is 1. The summed E-state index contributed by atoms with van der Waals surface area (Å²) in [5, 5.41) is 9.04. The van der Waals surface area contributed by atoms with E-state index in [4.69, 9.17) is 5.11 Å². The molecule has 2 N–H and O–H groups in total. The Balaban J connectivity index is 1.91. The Hall–Kier alpha value is -1.32. The molecule has 0 amide bonds. The first-order valence-electron chi connectivity index (χ1n) is 7.00. The van der Waals surface area contributed by atoms with Crippen LogP contribution in [0.5, 0.6) is 0 Å². The fourth-order valence-corrected chi connectivity index (χ4v) is 2.59. The molecule has 4 nitrogen and oxygen atoms in total. The molecule has 18 heavy (non-hydrogen) atoms. The van der Waals surface area contributed by atoms with Gasteiger partial charge in [0.2, 0.25) is 0 Å². The number of aryl methyl sites for hydroxylation is 2. The lowest BCUT2D eigenvalue weighted by atomic mass is 9.90. The minimum atomic E-state index is -0.681. The number of unbranched alkanes of at least 4 members (excludes halogenated alkanes) is 3. The number of aromatic nitrogens is 2. The summed E-state index contributed by atoms with van der Waals surface area (Å²) in [7, 11) is 0. The van der Waals surface area contributed by atoms with Crippen LogP contribution >= 0.6 is 0 Å². The summed E-state index contributed by atoms with van der Waals surface area (Å²) in [6.07, 6.45) is 8.08. The van der Waals surface area contributed by atoms with E-state index in [1.54, 1.807) is 0 Å². The molecule has 1 heterocycles. The van der Waals surface area contributed by atoms with Crippen LogP contribution in [0.1, 0.15) is 56.2 Å². The first-order valence-corrected chi connectivity index (χ1v) is 7.00. The smallest absolute Gasteiger partial charge is 0.306 e. The van der Waals surface area contributed by atoms with Crippen molar-refractivity contribution in [2.24, 2.45) is 5.92 Å². The maximum absolute atomic E-state index is 11.0. The Labute approximate surface area is 108 Å². The number of H-pyrrole nitrogens is 1. The molecule has 0 fully saturated rings. The first kappa shape index (κ1) is 13.1. The Kier molecular flexibility index (Phi) is 4.39. The highest BCUT2D eigenvalue weighted by atomic mass is 16.4. The number of aliphatic carboxylic acids is 1. The highest BCUT2D eigenvalue weighted by Gasteiger charge is 2.26. The van der Waals surface area contributed by atoms with Gasteiger partial charge in [-0.05, 0) is 19.3 Å². The van der Waals surface area contributed by atoms with Crippen molar-refractivity contribution in [3.05, 3.63) is 17.2 Å². The molecule has 100 valence electrons. The molecular weight excluding hydrogens is 228 g/mol.